The molecule has 0 fully saturated rings. The van der Waals surface area contributed by atoms with E-state index in [1.165, 1.54) is 0 Å². The van der Waals surface area contributed by atoms with Gasteiger partial charge >= 0.3 is 11.7 Å². The van der Waals surface area contributed by atoms with Crippen LogP contribution in [0.2, 0.25) is 0 Å². The molecule has 12 heavy (non-hydrogen) atoms. The van der Waals surface area contributed by atoms with Crippen molar-refractivity contribution in [1.29, 1.82) is 0 Å². The van der Waals surface area contributed by atoms with Gasteiger partial charge in [-0.25, -0.2) is 4.79 Å². The molecule has 0 aromatic rings. The summed E-state index contributed by atoms with van der Waals surface area (Å²) >= 11 is 0. The molecule has 0 saturated heterocycles. The first-order valence-electron chi connectivity index (χ1n) is 3.48. The number of carbonyl (C=O) groups is 1. The van der Waals surface area contributed by atoms with Crippen LogP contribution in [-0.4, -0.2) is 22.1 Å². The molecule has 0 spiro atoms. The number of ether oxygens (including phenoxy) is 1. The lowest BCUT2D eigenvalue weighted by Crippen LogP contribution is -2.28. The Hall–Kier alpha value is -1.41. The summed E-state index contributed by atoms with van der Waals surface area (Å²) in [5.41, 5.74) is 7.53. The van der Waals surface area contributed by atoms with E-state index in [1.54, 1.807) is 20.8 Å². The quantitative estimate of drug-likeness (QED) is 0.269. The van der Waals surface area contributed by atoms with Crippen LogP contribution >= 0.6 is 0 Å². The fraction of sp³-hybridized carbons (Fsp3) is 0.500. The average Bonchev–Trinajstić information content (AvgIpc) is 1.85. The predicted octanol–water partition coefficient (Wildman–Crippen LogP) is 1.18. The molecular formula is C8H12N2O2. The topological polar surface area (TPSA) is 62.7 Å². The number of carbonyl (C=O) groups excluding carboxylic acids is 1. The Morgan fingerprint density at radius 1 is 1.58 bits per heavy atom. The molecule has 0 aromatic heterocycles. The van der Waals surface area contributed by atoms with Crippen molar-refractivity contribution < 1.29 is 14.3 Å². The van der Waals surface area contributed by atoms with Crippen molar-refractivity contribution in [2.75, 3.05) is 0 Å². The van der Waals surface area contributed by atoms with E-state index in [1.807, 2.05) is 0 Å². The SMILES string of the molecule is C=CC(=[N+]=[N-])C(=O)OC(C)(C)C. The Kier molecular flexibility index (Phi) is 3.38. The summed E-state index contributed by atoms with van der Waals surface area (Å²) in [5, 5.41) is 0. The third kappa shape index (κ3) is 3.68. The smallest absolute Gasteiger partial charge is 0.422 e. The van der Waals surface area contributed by atoms with Crippen molar-refractivity contribution >= 4 is 11.7 Å². The predicted molar refractivity (Wildman–Crippen MR) is 44.7 cm³/mol. The number of hydrogen-bond donors (Lipinski definition) is 0. The Balaban J connectivity index is 4.43. The van der Waals surface area contributed by atoms with Gasteiger partial charge in [-0.2, -0.15) is 4.79 Å². The maximum Gasteiger partial charge on any atom is 0.422 e. The molecule has 0 aliphatic rings. The van der Waals surface area contributed by atoms with Crippen LogP contribution in [0.4, 0.5) is 0 Å². The summed E-state index contributed by atoms with van der Waals surface area (Å²) in [4.78, 5) is 13.8. The second-order valence-corrected chi connectivity index (χ2v) is 3.19. The molecule has 0 N–H and O–H groups in total. The standard InChI is InChI=1S/C8H12N2O2/c1-5-6(10-9)7(11)12-8(2,3)4/h5H,1H2,2-4H3. The van der Waals surface area contributed by atoms with E-state index in [2.05, 4.69) is 11.4 Å². The molecule has 0 aliphatic carbocycles. The molecule has 0 rings (SSSR count). The van der Waals surface area contributed by atoms with E-state index in [4.69, 9.17) is 10.3 Å². The number of hydrogen-bond acceptors (Lipinski definition) is 2. The fourth-order valence-corrected chi connectivity index (χ4v) is 0.495. The average molecular weight is 168 g/mol. The van der Waals surface area contributed by atoms with Gasteiger partial charge in [-0.1, -0.05) is 6.58 Å². The van der Waals surface area contributed by atoms with Crippen LogP contribution in [0.1, 0.15) is 20.8 Å². The molecule has 4 heteroatoms. The molecular weight excluding hydrogens is 156 g/mol. The van der Waals surface area contributed by atoms with Gasteiger partial charge in [-0.05, 0) is 20.8 Å². The summed E-state index contributed by atoms with van der Waals surface area (Å²) in [6.45, 7) is 8.47. The van der Waals surface area contributed by atoms with Crippen molar-refractivity contribution in [3.63, 3.8) is 0 Å². The van der Waals surface area contributed by atoms with E-state index in [0.29, 0.717) is 0 Å². The highest BCUT2D eigenvalue weighted by molar-refractivity contribution is 6.38. The van der Waals surface area contributed by atoms with Crippen LogP contribution in [0.25, 0.3) is 5.53 Å². The summed E-state index contributed by atoms with van der Waals surface area (Å²) in [6, 6.07) is 0. The maximum absolute atomic E-state index is 11.0. The normalized spacial score (nSPS) is 9.92. The Bertz CT molecular complexity index is 244. The molecule has 0 unspecified atom stereocenters. The molecule has 0 bridgehead atoms. The zero-order valence-corrected chi connectivity index (χ0v) is 7.50. The van der Waals surface area contributed by atoms with Gasteiger partial charge in [0, 0.05) is 6.08 Å². The summed E-state index contributed by atoms with van der Waals surface area (Å²) in [6.07, 6.45) is 1.13. The number of esters is 1. The van der Waals surface area contributed by atoms with E-state index in [0.717, 1.165) is 6.08 Å². The second-order valence-electron chi connectivity index (χ2n) is 3.19. The first-order valence-corrected chi connectivity index (χ1v) is 3.48. The Labute approximate surface area is 71.5 Å². The highest BCUT2D eigenvalue weighted by Crippen LogP contribution is 2.06. The molecule has 0 aromatic carbocycles. The van der Waals surface area contributed by atoms with Crippen LogP contribution < -0.4 is 0 Å². The molecule has 0 aliphatic heterocycles. The van der Waals surface area contributed by atoms with Gasteiger partial charge in [0.1, 0.15) is 5.60 Å². The number of nitrogens with zero attached hydrogens (tertiary/aromatic N) is 2. The molecule has 0 radical (unpaired) electrons. The molecule has 4 nitrogen and oxygen atoms in total. The summed E-state index contributed by atoms with van der Waals surface area (Å²) < 4.78 is 4.88. The van der Waals surface area contributed by atoms with Gasteiger partial charge < -0.3 is 10.3 Å². The fourth-order valence-electron chi connectivity index (χ4n) is 0.495. The first-order chi connectivity index (χ1) is 5.40. The lowest BCUT2D eigenvalue weighted by atomic mass is 10.2. The van der Waals surface area contributed by atoms with Crippen molar-refractivity contribution in [2.45, 2.75) is 26.4 Å². The molecule has 0 atom stereocenters. The molecule has 0 amide bonds. The minimum absolute atomic E-state index is 0.190. The van der Waals surface area contributed by atoms with Gasteiger partial charge in [0.2, 0.25) is 0 Å². The van der Waals surface area contributed by atoms with Gasteiger partial charge in [-0.3, -0.25) is 0 Å². The molecule has 0 heterocycles. The number of rotatable bonds is 2. The van der Waals surface area contributed by atoms with Crippen LogP contribution in [-0.2, 0) is 9.53 Å². The second kappa shape index (κ2) is 3.83. The Morgan fingerprint density at radius 2 is 2.08 bits per heavy atom. The van der Waals surface area contributed by atoms with Crippen molar-refractivity contribution in [2.24, 2.45) is 0 Å². The first kappa shape index (κ1) is 10.6. The maximum atomic E-state index is 11.0. The van der Waals surface area contributed by atoms with Crippen molar-refractivity contribution in [3.05, 3.63) is 18.2 Å². The summed E-state index contributed by atoms with van der Waals surface area (Å²) in [7, 11) is 0. The third-order valence-corrected chi connectivity index (χ3v) is 0.909. The van der Waals surface area contributed by atoms with Crippen LogP contribution in [0, 0.1) is 0 Å². The highest BCUT2D eigenvalue weighted by Gasteiger charge is 2.24. The third-order valence-electron chi connectivity index (χ3n) is 0.909. The monoisotopic (exact) mass is 168 g/mol. The van der Waals surface area contributed by atoms with Gasteiger partial charge in [0.05, 0.1) is 0 Å². The zero-order valence-electron chi connectivity index (χ0n) is 7.50. The van der Waals surface area contributed by atoms with E-state index < -0.39 is 11.6 Å². The largest absolute Gasteiger partial charge is 0.451 e. The lowest BCUT2D eigenvalue weighted by molar-refractivity contribution is -0.150. The molecule has 0 saturated carbocycles. The van der Waals surface area contributed by atoms with E-state index in [9.17, 15) is 4.79 Å². The van der Waals surface area contributed by atoms with Gasteiger partial charge in [0.25, 0.3) is 0 Å². The van der Waals surface area contributed by atoms with E-state index in [-0.39, 0.29) is 5.71 Å². The zero-order chi connectivity index (χ0) is 9.78. The van der Waals surface area contributed by atoms with Crippen LogP contribution in [0.15, 0.2) is 12.7 Å². The van der Waals surface area contributed by atoms with Crippen LogP contribution in [0.3, 0.4) is 0 Å². The van der Waals surface area contributed by atoms with Crippen molar-refractivity contribution in [1.82, 2.24) is 0 Å². The Morgan fingerprint density at radius 3 is 2.33 bits per heavy atom. The van der Waals surface area contributed by atoms with Crippen LogP contribution in [0.5, 0.6) is 0 Å². The van der Waals surface area contributed by atoms with Gasteiger partial charge in [0.15, 0.2) is 0 Å². The van der Waals surface area contributed by atoms with E-state index >= 15 is 0 Å². The van der Waals surface area contributed by atoms with Gasteiger partial charge in [-0.15, -0.1) is 0 Å². The molecule has 66 valence electrons. The minimum atomic E-state index is -0.681. The van der Waals surface area contributed by atoms with Crippen molar-refractivity contribution in [3.8, 4) is 0 Å². The summed E-state index contributed by atoms with van der Waals surface area (Å²) in [5.74, 6) is -0.681. The lowest BCUT2D eigenvalue weighted by Gasteiger charge is -2.17. The highest BCUT2D eigenvalue weighted by atomic mass is 16.6. The minimum Gasteiger partial charge on any atom is -0.451 e.